The first-order valence-electron chi connectivity index (χ1n) is 5.56. The number of ether oxygens (including phenoxy) is 2. The van der Waals surface area contributed by atoms with E-state index in [0.29, 0.717) is 17.7 Å². The SMILES string of the molecule is COC(=O)c1ccc(C(=O)C2CCCO2)cc1. The Balaban J connectivity index is 2.11. The van der Waals surface area contributed by atoms with Gasteiger partial charge < -0.3 is 9.47 Å². The van der Waals surface area contributed by atoms with Crippen LogP contribution >= 0.6 is 0 Å². The molecule has 1 atom stereocenters. The summed E-state index contributed by atoms with van der Waals surface area (Å²) in [5.41, 5.74) is 1.01. The van der Waals surface area contributed by atoms with Crippen molar-refractivity contribution < 1.29 is 19.1 Å². The summed E-state index contributed by atoms with van der Waals surface area (Å²) in [5, 5.41) is 0. The molecule has 0 aromatic heterocycles. The minimum Gasteiger partial charge on any atom is -0.465 e. The van der Waals surface area contributed by atoms with Crippen LogP contribution in [0, 0.1) is 0 Å². The van der Waals surface area contributed by atoms with Gasteiger partial charge in [-0.3, -0.25) is 4.79 Å². The Labute approximate surface area is 99.5 Å². The van der Waals surface area contributed by atoms with E-state index >= 15 is 0 Å². The zero-order valence-corrected chi connectivity index (χ0v) is 9.64. The predicted octanol–water partition coefficient (Wildman–Crippen LogP) is 1.83. The number of carbonyl (C=O) groups excluding carboxylic acids is 2. The molecule has 0 saturated carbocycles. The van der Waals surface area contributed by atoms with E-state index < -0.39 is 5.97 Å². The summed E-state index contributed by atoms with van der Waals surface area (Å²) in [6, 6.07) is 6.45. The van der Waals surface area contributed by atoms with Crippen molar-refractivity contribution >= 4 is 11.8 Å². The number of methoxy groups -OCH3 is 1. The first-order chi connectivity index (χ1) is 8.22. The molecule has 1 heterocycles. The van der Waals surface area contributed by atoms with Gasteiger partial charge in [0.1, 0.15) is 6.10 Å². The summed E-state index contributed by atoms with van der Waals surface area (Å²) >= 11 is 0. The molecule has 4 heteroatoms. The van der Waals surface area contributed by atoms with Gasteiger partial charge in [-0.05, 0) is 25.0 Å². The molecular formula is C13H14O4. The molecule has 1 fully saturated rings. The van der Waals surface area contributed by atoms with E-state index in [0.717, 1.165) is 12.8 Å². The molecule has 1 aliphatic rings. The van der Waals surface area contributed by atoms with Gasteiger partial charge in [0.2, 0.25) is 0 Å². The van der Waals surface area contributed by atoms with Crippen LogP contribution in [-0.2, 0) is 9.47 Å². The third-order valence-electron chi connectivity index (χ3n) is 2.81. The zero-order valence-electron chi connectivity index (χ0n) is 9.64. The monoisotopic (exact) mass is 234 g/mol. The molecule has 90 valence electrons. The number of benzene rings is 1. The molecule has 1 aromatic carbocycles. The number of ketones is 1. The lowest BCUT2D eigenvalue weighted by Gasteiger charge is -2.08. The number of rotatable bonds is 3. The Bertz CT molecular complexity index is 416. The van der Waals surface area contributed by atoms with E-state index in [4.69, 9.17) is 4.74 Å². The number of hydrogen-bond donors (Lipinski definition) is 0. The molecule has 0 amide bonds. The summed E-state index contributed by atoms with van der Waals surface area (Å²) in [4.78, 5) is 23.2. The normalized spacial score (nSPS) is 19.0. The second-order valence-electron chi connectivity index (χ2n) is 3.93. The van der Waals surface area contributed by atoms with Crippen molar-refractivity contribution in [1.29, 1.82) is 0 Å². The van der Waals surface area contributed by atoms with Crippen LogP contribution in [0.15, 0.2) is 24.3 Å². The highest BCUT2D eigenvalue weighted by Crippen LogP contribution is 2.17. The lowest BCUT2D eigenvalue weighted by Crippen LogP contribution is -2.19. The van der Waals surface area contributed by atoms with Crippen molar-refractivity contribution in [2.24, 2.45) is 0 Å². The fourth-order valence-electron chi connectivity index (χ4n) is 1.86. The molecule has 1 aromatic rings. The molecule has 4 nitrogen and oxygen atoms in total. The van der Waals surface area contributed by atoms with Crippen LogP contribution in [0.3, 0.4) is 0 Å². The molecule has 0 N–H and O–H groups in total. The molecular weight excluding hydrogens is 220 g/mol. The zero-order chi connectivity index (χ0) is 12.3. The topological polar surface area (TPSA) is 52.6 Å². The maximum Gasteiger partial charge on any atom is 0.337 e. The van der Waals surface area contributed by atoms with Crippen LogP contribution in [-0.4, -0.2) is 31.6 Å². The predicted molar refractivity (Wildman–Crippen MR) is 61.1 cm³/mol. The van der Waals surface area contributed by atoms with Gasteiger partial charge in [-0.15, -0.1) is 0 Å². The first kappa shape index (κ1) is 11.8. The third kappa shape index (κ3) is 2.53. The average Bonchev–Trinajstić information content (AvgIpc) is 2.91. The van der Waals surface area contributed by atoms with Crippen LogP contribution < -0.4 is 0 Å². The molecule has 2 rings (SSSR count). The standard InChI is InChI=1S/C13H14O4/c1-16-13(15)10-6-4-9(5-7-10)12(14)11-3-2-8-17-11/h4-7,11H,2-3,8H2,1H3. The van der Waals surface area contributed by atoms with E-state index in [1.165, 1.54) is 7.11 Å². The van der Waals surface area contributed by atoms with Crippen LogP contribution in [0.25, 0.3) is 0 Å². The second kappa shape index (κ2) is 5.10. The average molecular weight is 234 g/mol. The van der Waals surface area contributed by atoms with E-state index in [1.807, 2.05) is 0 Å². The van der Waals surface area contributed by atoms with Gasteiger partial charge in [-0.2, -0.15) is 0 Å². The summed E-state index contributed by atoms with van der Waals surface area (Å²) in [5.74, 6) is -0.417. The van der Waals surface area contributed by atoms with Crippen molar-refractivity contribution in [3.05, 3.63) is 35.4 Å². The Morgan fingerprint density at radius 1 is 1.24 bits per heavy atom. The van der Waals surface area contributed by atoms with E-state index in [2.05, 4.69) is 4.74 Å². The van der Waals surface area contributed by atoms with Crippen LogP contribution in [0.5, 0.6) is 0 Å². The molecule has 1 aliphatic heterocycles. The van der Waals surface area contributed by atoms with Gasteiger partial charge >= 0.3 is 5.97 Å². The fourth-order valence-corrected chi connectivity index (χ4v) is 1.86. The largest absolute Gasteiger partial charge is 0.465 e. The van der Waals surface area contributed by atoms with Gasteiger partial charge in [0.05, 0.1) is 12.7 Å². The highest BCUT2D eigenvalue weighted by atomic mass is 16.5. The molecule has 17 heavy (non-hydrogen) atoms. The van der Waals surface area contributed by atoms with Gasteiger partial charge in [-0.25, -0.2) is 4.79 Å². The summed E-state index contributed by atoms with van der Waals surface area (Å²) in [7, 11) is 1.33. The molecule has 0 radical (unpaired) electrons. The Morgan fingerprint density at radius 2 is 1.88 bits per heavy atom. The Kier molecular flexibility index (Phi) is 3.54. The summed E-state index contributed by atoms with van der Waals surface area (Å²) < 4.78 is 9.91. The van der Waals surface area contributed by atoms with E-state index in [9.17, 15) is 9.59 Å². The highest BCUT2D eigenvalue weighted by molar-refractivity contribution is 6.00. The quantitative estimate of drug-likeness (QED) is 0.591. The van der Waals surface area contributed by atoms with Crippen molar-refractivity contribution in [3.8, 4) is 0 Å². The Hall–Kier alpha value is -1.68. The van der Waals surface area contributed by atoms with Crippen LogP contribution in [0.2, 0.25) is 0 Å². The number of hydrogen-bond acceptors (Lipinski definition) is 4. The number of esters is 1. The lowest BCUT2D eigenvalue weighted by molar-refractivity contribution is 0.0598. The van der Waals surface area contributed by atoms with E-state index in [-0.39, 0.29) is 11.9 Å². The van der Waals surface area contributed by atoms with Gasteiger partial charge in [-0.1, -0.05) is 12.1 Å². The van der Waals surface area contributed by atoms with Gasteiger partial charge in [0, 0.05) is 12.2 Å². The molecule has 1 unspecified atom stereocenters. The smallest absolute Gasteiger partial charge is 0.337 e. The first-order valence-corrected chi connectivity index (χ1v) is 5.56. The van der Waals surface area contributed by atoms with E-state index in [1.54, 1.807) is 24.3 Å². The fraction of sp³-hybridized carbons (Fsp3) is 0.385. The minimum absolute atomic E-state index is 0.0149. The molecule has 0 bridgehead atoms. The van der Waals surface area contributed by atoms with Crippen LogP contribution in [0.4, 0.5) is 0 Å². The third-order valence-corrected chi connectivity index (χ3v) is 2.81. The number of Topliss-reactive ketones (excluding diaryl/α,β-unsaturated/α-hetero) is 1. The van der Waals surface area contributed by atoms with Crippen molar-refractivity contribution in [2.75, 3.05) is 13.7 Å². The minimum atomic E-state index is -0.402. The molecule has 0 aliphatic carbocycles. The van der Waals surface area contributed by atoms with Gasteiger partial charge in [0.25, 0.3) is 0 Å². The van der Waals surface area contributed by atoms with Crippen molar-refractivity contribution in [1.82, 2.24) is 0 Å². The van der Waals surface area contributed by atoms with Crippen molar-refractivity contribution in [3.63, 3.8) is 0 Å². The Morgan fingerprint density at radius 3 is 2.41 bits per heavy atom. The molecule has 0 spiro atoms. The van der Waals surface area contributed by atoms with Crippen LogP contribution in [0.1, 0.15) is 33.6 Å². The lowest BCUT2D eigenvalue weighted by atomic mass is 10.0. The van der Waals surface area contributed by atoms with Crippen molar-refractivity contribution in [2.45, 2.75) is 18.9 Å². The maximum atomic E-state index is 12.0. The molecule has 1 saturated heterocycles. The number of carbonyl (C=O) groups is 2. The summed E-state index contributed by atoms with van der Waals surface area (Å²) in [6.45, 7) is 0.649. The summed E-state index contributed by atoms with van der Waals surface area (Å²) in [6.07, 6.45) is 1.38. The van der Waals surface area contributed by atoms with Gasteiger partial charge in [0.15, 0.2) is 5.78 Å². The second-order valence-corrected chi connectivity index (χ2v) is 3.93. The maximum absolute atomic E-state index is 12.0. The highest BCUT2D eigenvalue weighted by Gasteiger charge is 2.24.